The van der Waals surface area contributed by atoms with Gasteiger partial charge < -0.3 is 14.9 Å². The molecule has 2 aromatic carbocycles. The maximum atomic E-state index is 11.6. The zero-order valence-corrected chi connectivity index (χ0v) is 13.2. The zero-order valence-electron chi connectivity index (χ0n) is 11.7. The van der Waals surface area contributed by atoms with Crippen molar-refractivity contribution in [3.05, 3.63) is 52.0 Å². The van der Waals surface area contributed by atoms with Crippen molar-refractivity contribution in [1.29, 1.82) is 0 Å². The molecule has 1 amide bonds. The van der Waals surface area contributed by atoms with Crippen LogP contribution < -0.4 is 10.2 Å². The first-order valence-corrected chi connectivity index (χ1v) is 7.13. The van der Waals surface area contributed by atoms with Crippen LogP contribution >= 0.6 is 23.2 Å². The molecule has 0 saturated carbocycles. The molecule has 0 aliphatic rings. The Kier molecular flexibility index (Phi) is 5.67. The quantitative estimate of drug-likeness (QED) is 0.568. The highest BCUT2D eigenvalue weighted by atomic mass is 35.5. The predicted octanol–water partition coefficient (Wildman–Crippen LogP) is 2.93. The summed E-state index contributed by atoms with van der Waals surface area (Å²) in [4.78, 5) is 11.6. The van der Waals surface area contributed by atoms with Crippen molar-refractivity contribution in [1.82, 2.24) is 5.43 Å². The second-order valence-corrected chi connectivity index (χ2v) is 5.24. The normalized spacial score (nSPS) is 10.7. The Labute approximate surface area is 141 Å². The van der Waals surface area contributed by atoms with Gasteiger partial charge in [-0.05, 0) is 24.3 Å². The van der Waals surface area contributed by atoms with Gasteiger partial charge in [0.2, 0.25) is 0 Å². The van der Waals surface area contributed by atoms with Crippen molar-refractivity contribution in [2.24, 2.45) is 5.10 Å². The molecule has 23 heavy (non-hydrogen) atoms. The number of carbonyl (C=O) groups excluding carboxylic acids is 1. The number of benzene rings is 2. The molecular weight excluding hydrogens is 343 g/mol. The summed E-state index contributed by atoms with van der Waals surface area (Å²) in [6.45, 7) is -0.307. The molecule has 0 atom stereocenters. The van der Waals surface area contributed by atoms with E-state index in [9.17, 15) is 9.90 Å². The van der Waals surface area contributed by atoms with E-state index in [1.807, 2.05) is 0 Å². The third kappa shape index (κ3) is 5.05. The van der Waals surface area contributed by atoms with E-state index in [4.69, 9.17) is 33.0 Å². The fraction of sp³-hybridized carbons (Fsp3) is 0.0667. The molecule has 120 valence electrons. The lowest BCUT2D eigenvalue weighted by Gasteiger charge is -2.07. The summed E-state index contributed by atoms with van der Waals surface area (Å²) in [5.41, 5.74) is 2.57. The monoisotopic (exact) mass is 354 g/mol. The summed E-state index contributed by atoms with van der Waals surface area (Å²) >= 11 is 11.7. The Morgan fingerprint density at radius 2 is 2.00 bits per heavy atom. The van der Waals surface area contributed by atoms with E-state index in [0.29, 0.717) is 15.6 Å². The van der Waals surface area contributed by atoms with Crippen molar-refractivity contribution < 1.29 is 19.7 Å². The minimum absolute atomic E-state index is 0.0736. The van der Waals surface area contributed by atoms with Crippen LogP contribution in [-0.2, 0) is 4.79 Å². The average Bonchev–Trinajstić information content (AvgIpc) is 2.50. The van der Waals surface area contributed by atoms with Gasteiger partial charge in [-0.3, -0.25) is 4.79 Å². The van der Waals surface area contributed by atoms with Gasteiger partial charge in [0, 0.05) is 22.7 Å². The molecule has 0 aromatic heterocycles. The molecule has 6 nitrogen and oxygen atoms in total. The number of hydrazone groups is 1. The number of hydrogen-bond donors (Lipinski definition) is 3. The number of halogens is 2. The Morgan fingerprint density at radius 1 is 1.22 bits per heavy atom. The summed E-state index contributed by atoms with van der Waals surface area (Å²) in [5, 5.41) is 23.2. The SMILES string of the molecule is O=C(COc1cc(Cl)ccc1Cl)N/N=C\c1ccc(O)cc1O. The molecule has 0 radical (unpaired) electrons. The van der Waals surface area contributed by atoms with Gasteiger partial charge in [0.05, 0.1) is 11.2 Å². The van der Waals surface area contributed by atoms with Gasteiger partial charge in [-0.2, -0.15) is 5.10 Å². The number of nitrogens with one attached hydrogen (secondary N) is 1. The summed E-state index contributed by atoms with van der Waals surface area (Å²) < 4.78 is 5.24. The van der Waals surface area contributed by atoms with Crippen molar-refractivity contribution in [2.75, 3.05) is 6.61 Å². The maximum Gasteiger partial charge on any atom is 0.277 e. The molecule has 0 heterocycles. The van der Waals surface area contributed by atoms with Gasteiger partial charge >= 0.3 is 0 Å². The molecule has 0 aliphatic carbocycles. The highest BCUT2D eigenvalue weighted by Gasteiger charge is 2.06. The van der Waals surface area contributed by atoms with Crippen LogP contribution in [0.25, 0.3) is 0 Å². The fourth-order valence-corrected chi connectivity index (χ4v) is 1.91. The van der Waals surface area contributed by atoms with Crippen LogP contribution in [0.4, 0.5) is 0 Å². The van der Waals surface area contributed by atoms with E-state index in [2.05, 4.69) is 10.5 Å². The zero-order chi connectivity index (χ0) is 16.8. The average molecular weight is 355 g/mol. The largest absolute Gasteiger partial charge is 0.508 e. The summed E-state index contributed by atoms with van der Waals surface area (Å²) in [5.74, 6) is -0.467. The molecule has 0 fully saturated rings. The highest BCUT2D eigenvalue weighted by Crippen LogP contribution is 2.27. The first-order valence-electron chi connectivity index (χ1n) is 6.37. The third-order valence-electron chi connectivity index (χ3n) is 2.66. The van der Waals surface area contributed by atoms with Crippen LogP contribution in [0.5, 0.6) is 17.2 Å². The molecule has 0 spiro atoms. The second kappa shape index (κ2) is 7.71. The Balaban J connectivity index is 1.87. The number of carbonyl (C=O) groups is 1. The molecule has 8 heteroatoms. The van der Waals surface area contributed by atoms with Crippen molar-refractivity contribution in [3.8, 4) is 17.2 Å². The lowest BCUT2D eigenvalue weighted by atomic mass is 10.2. The number of rotatable bonds is 5. The third-order valence-corrected chi connectivity index (χ3v) is 3.21. The lowest BCUT2D eigenvalue weighted by molar-refractivity contribution is -0.123. The molecule has 0 bridgehead atoms. The number of aromatic hydroxyl groups is 2. The van der Waals surface area contributed by atoms with Crippen LogP contribution in [0.15, 0.2) is 41.5 Å². The Morgan fingerprint density at radius 3 is 2.74 bits per heavy atom. The van der Waals surface area contributed by atoms with Crippen molar-refractivity contribution in [3.63, 3.8) is 0 Å². The van der Waals surface area contributed by atoms with Gasteiger partial charge in [-0.25, -0.2) is 5.43 Å². The van der Waals surface area contributed by atoms with Gasteiger partial charge in [-0.1, -0.05) is 23.2 Å². The summed E-state index contributed by atoms with van der Waals surface area (Å²) in [6, 6.07) is 8.65. The Bertz CT molecular complexity index is 750. The van der Waals surface area contributed by atoms with Gasteiger partial charge in [0.1, 0.15) is 17.2 Å². The fourth-order valence-electron chi connectivity index (χ4n) is 1.58. The van der Waals surface area contributed by atoms with E-state index in [1.54, 1.807) is 12.1 Å². The van der Waals surface area contributed by atoms with Gasteiger partial charge in [-0.15, -0.1) is 0 Å². The standard InChI is InChI=1S/C15H12Cl2N2O4/c16-10-2-4-12(17)14(5-10)23-8-15(22)19-18-7-9-1-3-11(20)6-13(9)21/h1-7,20-21H,8H2,(H,19,22)/b18-7-. The molecule has 0 saturated heterocycles. The number of phenolic OH excluding ortho intramolecular Hbond substituents is 2. The number of phenols is 2. The summed E-state index contributed by atoms with van der Waals surface area (Å²) in [6.07, 6.45) is 1.24. The van der Waals surface area contributed by atoms with Crippen LogP contribution in [0, 0.1) is 0 Å². The topological polar surface area (TPSA) is 91.2 Å². The lowest BCUT2D eigenvalue weighted by Crippen LogP contribution is -2.24. The predicted molar refractivity (Wildman–Crippen MR) is 87.5 cm³/mol. The smallest absolute Gasteiger partial charge is 0.277 e. The van der Waals surface area contributed by atoms with Gasteiger partial charge in [0.25, 0.3) is 5.91 Å². The summed E-state index contributed by atoms with van der Waals surface area (Å²) in [7, 11) is 0. The van der Waals surface area contributed by atoms with Crippen LogP contribution in [0.3, 0.4) is 0 Å². The van der Waals surface area contributed by atoms with E-state index in [1.165, 1.54) is 24.4 Å². The minimum atomic E-state index is -0.518. The molecule has 2 rings (SSSR count). The maximum absolute atomic E-state index is 11.6. The van der Waals surface area contributed by atoms with Crippen molar-refractivity contribution in [2.45, 2.75) is 0 Å². The first-order chi connectivity index (χ1) is 11.0. The highest BCUT2D eigenvalue weighted by molar-refractivity contribution is 6.34. The van der Waals surface area contributed by atoms with Crippen LogP contribution in [-0.4, -0.2) is 28.9 Å². The minimum Gasteiger partial charge on any atom is -0.508 e. The van der Waals surface area contributed by atoms with E-state index < -0.39 is 5.91 Å². The van der Waals surface area contributed by atoms with Crippen LogP contribution in [0.1, 0.15) is 5.56 Å². The molecule has 3 N–H and O–H groups in total. The number of nitrogens with zero attached hydrogens (tertiary/aromatic N) is 1. The molecule has 2 aromatic rings. The number of amides is 1. The molecule has 0 aliphatic heterocycles. The van der Waals surface area contributed by atoms with E-state index in [0.717, 1.165) is 6.07 Å². The molecular formula is C15H12Cl2N2O4. The van der Waals surface area contributed by atoms with Crippen LogP contribution in [0.2, 0.25) is 10.0 Å². The molecule has 0 unspecified atom stereocenters. The van der Waals surface area contributed by atoms with Crippen molar-refractivity contribution >= 4 is 35.3 Å². The number of hydrogen-bond acceptors (Lipinski definition) is 5. The first kappa shape index (κ1) is 16.9. The Hall–Kier alpha value is -2.44. The second-order valence-electron chi connectivity index (χ2n) is 4.40. The van der Waals surface area contributed by atoms with E-state index in [-0.39, 0.29) is 23.9 Å². The number of ether oxygens (including phenoxy) is 1. The van der Waals surface area contributed by atoms with E-state index >= 15 is 0 Å². The van der Waals surface area contributed by atoms with Gasteiger partial charge in [0.15, 0.2) is 6.61 Å².